The van der Waals surface area contributed by atoms with Crippen molar-refractivity contribution in [1.29, 1.82) is 0 Å². The van der Waals surface area contributed by atoms with Crippen molar-refractivity contribution in [3.8, 4) is 0 Å². The molecule has 2 aromatic carbocycles. The van der Waals surface area contributed by atoms with Gasteiger partial charge in [-0.05, 0) is 23.1 Å². The maximum Gasteiger partial charge on any atom is 0.240 e. The molecule has 0 unspecified atom stereocenters. The molecule has 2 rings (SSSR count). The first-order valence-corrected chi connectivity index (χ1v) is 5.53. The molecule has 0 atom stereocenters. The van der Waals surface area contributed by atoms with E-state index in [4.69, 9.17) is 23.2 Å². The summed E-state index contributed by atoms with van der Waals surface area (Å²) in [5.41, 5.74) is 0.717. The van der Waals surface area contributed by atoms with Crippen LogP contribution in [0.15, 0.2) is 36.4 Å². The summed E-state index contributed by atoms with van der Waals surface area (Å²) in [5, 5.41) is 5.08. The van der Waals surface area contributed by atoms with Crippen LogP contribution in [-0.2, 0) is 4.79 Å². The van der Waals surface area contributed by atoms with Gasteiger partial charge in [-0.25, -0.2) is 0 Å². The van der Waals surface area contributed by atoms with Crippen LogP contribution in [0.25, 0.3) is 10.8 Å². The molecule has 0 saturated carbocycles. The third kappa shape index (κ3) is 2.29. The van der Waals surface area contributed by atoms with Crippen LogP contribution in [0.5, 0.6) is 0 Å². The first-order chi connectivity index (χ1) is 7.68. The van der Waals surface area contributed by atoms with Gasteiger partial charge in [0, 0.05) is 5.39 Å². The number of nitrogens with one attached hydrogen (secondary N) is 1. The number of carbonyl (C=O) groups excluding carboxylic acids is 1. The van der Waals surface area contributed by atoms with Gasteiger partial charge in [0.15, 0.2) is 0 Å². The summed E-state index contributed by atoms with van der Waals surface area (Å²) in [6, 6.07) is 11.6. The van der Waals surface area contributed by atoms with Gasteiger partial charge in [0.05, 0.1) is 17.3 Å². The van der Waals surface area contributed by atoms with Crippen LogP contribution >= 0.6 is 23.2 Å². The van der Waals surface area contributed by atoms with Gasteiger partial charge in [0.2, 0.25) is 5.24 Å². The Morgan fingerprint density at radius 2 is 1.94 bits per heavy atom. The molecular formula is C12H9Cl2NO. The molecule has 2 aromatic rings. The van der Waals surface area contributed by atoms with Gasteiger partial charge < -0.3 is 5.32 Å². The molecule has 1 N–H and O–H groups in total. The summed E-state index contributed by atoms with van der Waals surface area (Å²) >= 11 is 11.5. The summed E-state index contributed by atoms with van der Waals surface area (Å²) in [4.78, 5) is 10.7. The van der Waals surface area contributed by atoms with Crippen LogP contribution in [0.4, 0.5) is 5.69 Å². The second-order valence-electron chi connectivity index (χ2n) is 3.36. The van der Waals surface area contributed by atoms with E-state index in [-0.39, 0.29) is 6.54 Å². The molecule has 16 heavy (non-hydrogen) atoms. The molecule has 0 fully saturated rings. The average Bonchev–Trinajstić information content (AvgIpc) is 2.28. The van der Waals surface area contributed by atoms with Gasteiger partial charge >= 0.3 is 0 Å². The van der Waals surface area contributed by atoms with Gasteiger partial charge in [-0.3, -0.25) is 4.79 Å². The Morgan fingerprint density at radius 3 is 2.69 bits per heavy atom. The Balaban J connectivity index is 2.40. The summed E-state index contributed by atoms with van der Waals surface area (Å²) in [6.07, 6.45) is 0. The maximum absolute atomic E-state index is 10.7. The minimum absolute atomic E-state index is 0.0691. The Labute approximate surface area is 103 Å². The standard InChI is InChI=1S/C12H9Cl2NO/c13-11(16)7-15-10-6-5-8-3-1-2-4-9(8)12(10)14/h1-6,15H,7H2. The highest BCUT2D eigenvalue weighted by atomic mass is 35.5. The molecule has 2 nitrogen and oxygen atoms in total. The lowest BCUT2D eigenvalue weighted by atomic mass is 10.1. The van der Waals surface area contributed by atoms with E-state index in [2.05, 4.69) is 5.32 Å². The highest BCUT2D eigenvalue weighted by Gasteiger charge is 2.05. The number of anilines is 1. The smallest absolute Gasteiger partial charge is 0.240 e. The lowest BCUT2D eigenvalue weighted by molar-refractivity contribution is -0.110. The molecule has 0 aliphatic heterocycles. The predicted molar refractivity (Wildman–Crippen MR) is 68.3 cm³/mol. The fourth-order valence-electron chi connectivity index (χ4n) is 1.53. The summed E-state index contributed by atoms with van der Waals surface area (Å²) < 4.78 is 0. The Bertz CT molecular complexity index is 540. The van der Waals surface area contributed by atoms with Gasteiger partial charge in [-0.2, -0.15) is 0 Å². The van der Waals surface area contributed by atoms with Gasteiger partial charge in [-0.15, -0.1) is 0 Å². The number of fused-ring (bicyclic) bond motifs is 1. The van der Waals surface area contributed by atoms with E-state index in [1.807, 2.05) is 36.4 Å². The zero-order valence-corrected chi connectivity index (χ0v) is 9.85. The van der Waals surface area contributed by atoms with Crippen molar-refractivity contribution in [2.45, 2.75) is 0 Å². The van der Waals surface area contributed by atoms with Crippen molar-refractivity contribution in [3.05, 3.63) is 41.4 Å². The van der Waals surface area contributed by atoms with Crippen molar-refractivity contribution in [1.82, 2.24) is 0 Å². The van der Waals surface area contributed by atoms with Crippen molar-refractivity contribution in [2.24, 2.45) is 0 Å². The number of benzene rings is 2. The zero-order chi connectivity index (χ0) is 11.5. The molecule has 82 valence electrons. The van der Waals surface area contributed by atoms with Crippen molar-refractivity contribution in [2.75, 3.05) is 11.9 Å². The van der Waals surface area contributed by atoms with Crippen LogP contribution in [0.2, 0.25) is 5.02 Å². The van der Waals surface area contributed by atoms with Crippen LogP contribution in [0, 0.1) is 0 Å². The van der Waals surface area contributed by atoms with Crippen LogP contribution < -0.4 is 5.32 Å². The molecule has 0 saturated heterocycles. The molecule has 0 aromatic heterocycles. The molecule has 0 amide bonds. The third-order valence-electron chi connectivity index (χ3n) is 2.28. The Hall–Kier alpha value is -1.25. The number of hydrogen-bond acceptors (Lipinski definition) is 2. The minimum atomic E-state index is -0.441. The fourth-order valence-corrected chi connectivity index (χ4v) is 1.90. The predicted octanol–water partition coefficient (Wildman–Crippen LogP) is 3.67. The first-order valence-electron chi connectivity index (χ1n) is 4.78. The molecule has 4 heteroatoms. The number of hydrogen-bond donors (Lipinski definition) is 1. The lowest BCUT2D eigenvalue weighted by Gasteiger charge is -2.08. The molecule has 0 heterocycles. The van der Waals surface area contributed by atoms with E-state index in [9.17, 15) is 4.79 Å². The third-order valence-corrected chi connectivity index (χ3v) is 2.82. The van der Waals surface area contributed by atoms with E-state index in [1.54, 1.807) is 0 Å². The van der Waals surface area contributed by atoms with E-state index < -0.39 is 5.24 Å². The lowest BCUT2D eigenvalue weighted by Crippen LogP contribution is -2.08. The Kier molecular flexibility index (Phi) is 3.32. The second kappa shape index (κ2) is 4.73. The van der Waals surface area contributed by atoms with Crippen molar-refractivity contribution in [3.63, 3.8) is 0 Å². The monoisotopic (exact) mass is 253 g/mol. The van der Waals surface area contributed by atoms with Crippen LogP contribution in [0.1, 0.15) is 0 Å². The Morgan fingerprint density at radius 1 is 1.19 bits per heavy atom. The van der Waals surface area contributed by atoms with Crippen LogP contribution in [-0.4, -0.2) is 11.8 Å². The minimum Gasteiger partial charge on any atom is -0.375 e. The second-order valence-corrected chi connectivity index (χ2v) is 4.16. The van der Waals surface area contributed by atoms with Crippen molar-refractivity contribution >= 4 is 44.9 Å². The van der Waals surface area contributed by atoms with E-state index in [0.717, 1.165) is 16.5 Å². The summed E-state index contributed by atoms with van der Waals surface area (Å²) in [6.45, 7) is 0.0691. The zero-order valence-electron chi connectivity index (χ0n) is 8.34. The van der Waals surface area contributed by atoms with E-state index in [1.165, 1.54) is 0 Å². The topological polar surface area (TPSA) is 29.1 Å². The van der Waals surface area contributed by atoms with E-state index in [0.29, 0.717) is 5.02 Å². The SMILES string of the molecule is O=C(Cl)CNc1ccc2ccccc2c1Cl. The molecule has 0 radical (unpaired) electrons. The average molecular weight is 254 g/mol. The molecule has 0 aliphatic carbocycles. The summed E-state index contributed by atoms with van der Waals surface area (Å²) in [7, 11) is 0. The normalized spacial score (nSPS) is 10.4. The first kappa shape index (κ1) is 11.2. The fraction of sp³-hybridized carbons (Fsp3) is 0.0833. The maximum atomic E-state index is 10.7. The largest absolute Gasteiger partial charge is 0.375 e. The molecule has 0 bridgehead atoms. The molecular weight excluding hydrogens is 245 g/mol. The van der Waals surface area contributed by atoms with Gasteiger partial charge in [0.25, 0.3) is 0 Å². The van der Waals surface area contributed by atoms with Crippen molar-refractivity contribution < 1.29 is 4.79 Å². The molecule has 0 aliphatic rings. The summed E-state index contributed by atoms with van der Waals surface area (Å²) in [5.74, 6) is 0. The number of carbonyl (C=O) groups is 1. The highest BCUT2D eigenvalue weighted by molar-refractivity contribution is 6.64. The number of rotatable bonds is 3. The van der Waals surface area contributed by atoms with Gasteiger partial charge in [-0.1, -0.05) is 41.9 Å². The van der Waals surface area contributed by atoms with Gasteiger partial charge in [0.1, 0.15) is 0 Å². The van der Waals surface area contributed by atoms with E-state index >= 15 is 0 Å². The number of halogens is 2. The quantitative estimate of drug-likeness (QED) is 0.846. The molecule has 0 spiro atoms. The highest BCUT2D eigenvalue weighted by Crippen LogP contribution is 2.30. The van der Waals surface area contributed by atoms with Crippen LogP contribution in [0.3, 0.4) is 0 Å².